The van der Waals surface area contributed by atoms with Crippen molar-refractivity contribution in [1.29, 1.82) is 0 Å². The van der Waals surface area contributed by atoms with Crippen molar-refractivity contribution in [3.8, 4) is 11.5 Å². The van der Waals surface area contributed by atoms with Crippen LogP contribution in [0.15, 0.2) is 23.2 Å². The molecule has 0 bridgehead atoms. The molecule has 1 aliphatic rings. The van der Waals surface area contributed by atoms with E-state index in [9.17, 15) is 4.79 Å². The number of rotatable bonds is 6. The van der Waals surface area contributed by atoms with Gasteiger partial charge in [0, 0.05) is 24.0 Å². The summed E-state index contributed by atoms with van der Waals surface area (Å²) in [5, 5.41) is 9.42. The number of nitrogens with zero attached hydrogens (tertiary/aromatic N) is 1. The van der Waals surface area contributed by atoms with Gasteiger partial charge in [-0.2, -0.15) is 0 Å². The molecule has 2 rings (SSSR count). The summed E-state index contributed by atoms with van der Waals surface area (Å²) in [5.74, 6) is 2.08. The van der Waals surface area contributed by atoms with Gasteiger partial charge in [-0.3, -0.25) is 4.79 Å². The maximum Gasteiger partial charge on any atom is 0.242 e. The highest BCUT2D eigenvalue weighted by Crippen LogP contribution is 2.36. The van der Waals surface area contributed by atoms with Gasteiger partial charge in [-0.05, 0) is 45.4 Å². The molecular weight excluding hydrogens is 471 g/mol. The first-order chi connectivity index (χ1) is 12.6. The highest BCUT2D eigenvalue weighted by atomic mass is 127. The van der Waals surface area contributed by atoms with Crippen LogP contribution in [0.25, 0.3) is 0 Å². The molecule has 3 N–H and O–H groups in total. The Kier molecular flexibility index (Phi) is 8.84. The zero-order valence-corrected chi connectivity index (χ0v) is 20.0. The molecule has 0 spiro atoms. The van der Waals surface area contributed by atoms with Crippen molar-refractivity contribution in [3.63, 3.8) is 0 Å². The fraction of sp³-hybridized carbons (Fsp3) is 0.600. The van der Waals surface area contributed by atoms with E-state index in [1.54, 1.807) is 0 Å². The molecule has 1 heterocycles. The monoisotopic (exact) mass is 504 g/mol. The van der Waals surface area contributed by atoms with Crippen molar-refractivity contribution in [2.24, 2.45) is 4.99 Å². The Hall–Kier alpha value is -1.71. The van der Waals surface area contributed by atoms with Crippen LogP contribution in [0.5, 0.6) is 11.5 Å². The second kappa shape index (κ2) is 10.2. The molecule has 0 aliphatic carbocycles. The number of aliphatic imine (C=N–C) groups is 1. The maximum absolute atomic E-state index is 12.0. The van der Waals surface area contributed by atoms with Crippen molar-refractivity contribution < 1.29 is 14.3 Å². The third-order valence-electron chi connectivity index (χ3n) is 4.09. The third kappa shape index (κ3) is 7.37. The number of guanidine groups is 1. The average molecular weight is 504 g/mol. The number of fused-ring (bicyclic) bond motifs is 1. The van der Waals surface area contributed by atoms with Gasteiger partial charge in [0.15, 0.2) is 17.5 Å². The van der Waals surface area contributed by atoms with Crippen LogP contribution >= 0.6 is 24.0 Å². The van der Waals surface area contributed by atoms with Crippen molar-refractivity contribution >= 4 is 35.8 Å². The standard InChI is InChI=1S/C20H32N4O3.HI/c1-7-21-18(22-11-17(25)24-19(2,3)4)23-12-20(5,6)14-8-9-15-16(10-14)27-13-26-15;/h8-10H,7,11-13H2,1-6H3,(H,24,25)(H2,21,22,23);1H. The fourth-order valence-electron chi connectivity index (χ4n) is 2.67. The second-order valence-corrected chi connectivity index (χ2v) is 8.30. The fourth-order valence-corrected chi connectivity index (χ4v) is 2.67. The lowest BCUT2D eigenvalue weighted by atomic mass is 9.84. The predicted molar refractivity (Wildman–Crippen MR) is 123 cm³/mol. The quantitative estimate of drug-likeness (QED) is 0.315. The topological polar surface area (TPSA) is 84.0 Å². The summed E-state index contributed by atoms with van der Waals surface area (Å²) in [5.41, 5.74) is 0.713. The first kappa shape index (κ1) is 24.3. The van der Waals surface area contributed by atoms with Gasteiger partial charge in [0.2, 0.25) is 12.7 Å². The summed E-state index contributed by atoms with van der Waals surface area (Å²) < 4.78 is 10.9. The van der Waals surface area contributed by atoms with Crippen LogP contribution in [0.3, 0.4) is 0 Å². The van der Waals surface area contributed by atoms with Gasteiger partial charge in [0.1, 0.15) is 6.54 Å². The van der Waals surface area contributed by atoms with E-state index in [1.165, 1.54) is 0 Å². The number of hydrogen-bond donors (Lipinski definition) is 3. The van der Waals surface area contributed by atoms with Crippen LogP contribution < -0.4 is 25.4 Å². The van der Waals surface area contributed by atoms with Gasteiger partial charge in [-0.1, -0.05) is 19.9 Å². The lowest BCUT2D eigenvalue weighted by Gasteiger charge is -2.27. The normalized spacial score (nSPS) is 13.6. The van der Waals surface area contributed by atoms with Crippen molar-refractivity contribution in [1.82, 2.24) is 16.0 Å². The average Bonchev–Trinajstić information content (AvgIpc) is 3.03. The van der Waals surface area contributed by atoms with E-state index in [0.717, 1.165) is 23.6 Å². The SMILES string of the molecule is CCNC(=NCC(=O)NC(C)(C)C)NCC(C)(C)c1ccc2c(c1)OCO2.I. The maximum atomic E-state index is 12.0. The lowest BCUT2D eigenvalue weighted by Crippen LogP contribution is -2.45. The smallest absolute Gasteiger partial charge is 0.242 e. The van der Waals surface area contributed by atoms with E-state index in [-0.39, 0.29) is 54.2 Å². The van der Waals surface area contributed by atoms with Gasteiger partial charge in [0.25, 0.3) is 0 Å². The van der Waals surface area contributed by atoms with E-state index in [2.05, 4.69) is 40.9 Å². The van der Waals surface area contributed by atoms with E-state index >= 15 is 0 Å². The molecule has 7 nitrogen and oxygen atoms in total. The predicted octanol–water partition coefficient (Wildman–Crippen LogP) is 2.78. The van der Waals surface area contributed by atoms with Crippen LogP contribution in [0.2, 0.25) is 0 Å². The Morgan fingerprint density at radius 3 is 2.43 bits per heavy atom. The number of carbonyl (C=O) groups excluding carboxylic acids is 1. The zero-order chi connectivity index (χ0) is 20.1. The number of carbonyl (C=O) groups is 1. The Morgan fingerprint density at radius 2 is 1.79 bits per heavy atom. The van der Waals surface area contributed by atoms with Gasteiger partial charge in [-0.15, -0.1) is 24.0 Å². The van der Waals surface area contributed by atoms with Crippen molar-refractivity contribution in [3.05, 3.63) is 23.8 Å². The summed E-state index contributed by atoms with van der Waals surface area (Å²) in [6.07, 6.45) is 0. The Labute approximate surface area is 185 Å². The van der Waals surface area contributed by atoms with Gasteiger partial charge in [-0.25, -0.2) is 4.99 Å². The van der Waals surface area contributed by atoms with E-state index in [1.807, 2.05) is 39.8 Å². The minimum atomic E-state index is -0.264. The molecule has 0 saturated carbocycles. The Balaban J connectivity index is 0.00000392. The summed E-state index contributed by atoms with van der Waals surface area (Å²) in [4.78, 5) is 16.4. The second-order valence-electron chi connectivity index (χ2n) is 8.30. The number of nitrogens with one attached hydrogen (secondary N) is 3. The minimum Gasteiger partial charge on any atom is -0.454 e. The lowest BCUT2D eigenvalue weighted by molar-refractivity contribution is -0.121. The molecule has 158 valence electrons. The molecule has 1 aromatic carbocycles. The molecule has 1 aliphatic heterocycles. The highest BCUT2D eigenvalue weighted by Gasteiger charge is 2.24. The van der Waals surface area contributed by atoms with Crippen LogP contribution in [0.4, 0.5) is 0 Å². The number of halogens is 1. The van der Waals surface area contributed by atoms with E-state index in [0.29, 0.717) is 12.5 Å². The van der Waals surface area contributed by atoms with Gasteiger partial charge in [0.05, 0.1) is 0 Å². The molecule has 8 heteroatoms. The largest absolute Gasteiger partial charge is 0.454 e. The molecule has 0 saturated heterocycles. The van der Waals surface area contributed by atoms with Crippen LogP contribution in [-0.4, -0.2) is 43.8 Å². The van der Waals surface area contributed by atoms with Gasteiger partial charge >= 0.3 is 0 Å². The number of ether oxygens (including phenoxy) is 2. The molecule has 0 atom stereocenters. The number of amides is 1. The van der Waals surface area contributed by atoms with Crippen LogP contribution in [0, 0.1) is 0 Å². The molecular formula is C20H33IN4O3. The molecule has 0 unspecified atom stereocenters. The molecule has 1 amide bonds. The van der Waals surface area contributed by atoms with E-state index < -0.39 is 0 Å². The number of hydrogen-bond acceptors (Lipinski definition) is 4. The zero-order valence-electron chi connectivity index (χ0n) is 17.6. The summed E-state index contributed by atoms with van der Waals surface area (Å²) >= 11 is 0. The van der Waals surface area contributed by atoms with Crippen LogP contribution in [0.1, 0.15) is 47.1 Å². The summed E-state index contributed by atoms with van der Waals surface area (Å²) in [6, 6.07) is 6.01. The summed E-state index contributed by atoms with van der Waals surface area (Å²) in [6.45, 7) is 13.9. The minimum absolute atomic E-state index is 0. The highest BCUT2D eigenvalue weighted by molar-refractivity contribution is 14.0. The molecule has 28 heavy (non-hydrogen) atoms. The summed E-state index contributed by atoms with van der Waals surface area (Å²) in [7, 11) is 0. The Bertz CT molecular complexity index is 699. The first-order valence-corrected chi connectivity index (χ1v) is 9.34. The molecule has 0 aromatic heterocycles. The van der Waals surface area contributed by atoms with Crippen molar-refractivity contribution in [2.75, 3.05) is 26.4 Å². The molecule has 0 radical (unpaired) electrons. The molecule has 1 aromatic rings. The Morgan fingerprint density at radius 1 is 1.11 bits per heavy atom. The third-order valence-corrected chi connectivity index (χ3v) is 4.09. The van der Waals surface area contributed by atoms with E-state index in [4.69, 9.17) is 9.47 Å². The van der Waals surface area contributed by atoms with Gasteiger partial charge < -0.3 is 25.4 Å². The van der Waals surface area contributed by atoms with Crippen molar-refractivity contribution in [2.45, 2.75) is 52.5 Å². The number of benzene rings is 1. The molecule has 0 fully saturated rings. The van der Waals surface area contributed by atoms with Crippen LogP contribution in [-0.2, 0) is 10.2 Å². The first-order valence-electron chi connectivity index (χ1n) is 9.34.